The van der Waals surface area contributed by atoms with E-state index < -0.39 is 6.03 Å². The second-order valence-electron chi connectivity index (χ2n) is 7.86. The van der Waals surface area contributed by atoms with Gasteiger partial charge in [0.15, 0.2) is 23.2 Å². The van der Waals surface area contributed by atoms with Crippen molar-refractivity contribution in [3.8, 4) is 28.4 Å². The van der Waals surface area contributed by atoms with Crippen molar-refractivity contribution in [1.29, 1.82) is 0 Å². The molecule has 0 saturated carbocycles. The van der Waals surface area contributed by atoms with Crippen LogP contribution >= 0.6 is 0 Å². The lowest BCUT2D eigenvalue weighted by molar-refractivity contribution is 0.122. The summed E-state index contributed by atoms with van der Waals surface area (Å²) in [7, 11) is 0. The quantitative estimate of drug-likeness (QED) is 0.396. The summed E-state index contributed by atoms with van der Waals surface area (Å²) in [4.78, 5) is 28.3. The molecule has 184 valence electrons. The van der Waals surface area contributed by atoms with Crippen LogP contribution in [-0.4, -0.2) is 59.0 Å². The van der Waals surface area contributed by atoms with Crippen molar-refractivity contribution >= 4 is 23.4 Å². The minimum Gasteiger partial charge on any atom is -0.488 e. The fraction of sp³-hybridized carbons (Fsp3) is 0.240. The Morgan fingerprint density at radius 2 is 1.78 bits per heavy atom. The van der Waals surface area contributed by atoms with Gasteiger partial charge in [-0.1, -0.05) is 5.16 Å². The molecule has 1 aromatic carbocycles. The van der Waals surface area contributed by atoms with Gasteiger partial charge < -0.3 is 24.2 Å². The highest BCUT2D eigenvalue weighted by Gasteiger charge is 2.24. The summed E-state index contributed by atoms with van der Waals surface area (Å²) in [5.41, 5.74) is 2.98. The van der Waals surface area contributed by atoms with Crippen molar-refractivity contribution in [3.63, 3.8) is 0 Å². The van der Waals surface area contributed by atoms with Gasteiger partial charge in [0.1, 0.15) is 12.0 Å². The standard InChI is InChI=1S/C25H25N7O4/c1-2-35-22-21(17-7-10-26-11-8-17)29-23(30-24(22)32-12-15-34-16-13-32)18-3-5-19(6-4-18)27-25(33)28-20-9-14-36-31-20/h3-11,14H,2,12-13,15-16H2,1H3,(H2,27,28,31,33). The summed E-state index contributed by atoms with van der Waals surface area (Å²) in [6.45, 7) is 5.07. The normalized spacial score (nSPS) is 13.3. The number of anilines is 3. The zero-order valence-electron chi connectivity index (χ0n) is 19.7. The predicted molar refractivity (Wildman–Crippen MR) is 134 cm³/mol. The molecule has 1 fully saturated rings. The molecule has 0 unspecified atom stereocenters. The molecule has 2 N–H and O–H groups in total. The van der Waals surface area contributed by atoms with E-state index in [-0.39, 0.29) is 0 Å². The van der Waals surface area contributed by atoms with Gasteiger partial charge in [-0.05, 0) is 43.3 Å². The van der Waals surface area contributed by atoms with E-state index >= 15 is 0 Å². The van der Waals surface area contributed by atoms with E-state index in [1.54, 1.807) is 30.6 Å². The number of rotatable bonds is 7. The number of hydrogen-bond donors (Lipinski definition) is 2. The maximum atomic E-state index is 12.2. The highest BCUT2D eigenvalue weighted by atomic mass is 16.5. The average molecular weight is 488 g/mol. The van der Waals surface area contributed by atoms with Crippen molar-refractivity contribution in [2.24, 2.45) is 0 Å². The fourth-order valence-corrected chi connectivity index (χ4v) is 3.80. The minimum atomic E-state index is -0.427. The molecule has 11 nitrogen and oxygen atoms in total. The molecule has 11 heteroatoms. The van der Waals surface area contributed by atoms with E-state index in [2.05, 4.69) is 25.7 Å². The summed E-state index contributed by atoms with van der Waals surface area (Å²) in [5.74, 6) is 2.24. The maximum absolute atomic E-state index is 12.2. The van der Waals surface area contributed by atoms with E-state index in [0.29, 0.717) is 61.7 Å². The fourth-order valence-electron chi connectivity index (χ4n) is 3.80. The van der Waals surface area contributed by atoms with Crippen LogP contribution in [0.1, 0.15) is 6.92 Å². The zero-order chi connectivity index (χ0) is 24.7. The highest BCUT2D eigenvalue weighted by Crippen LogP contribution is 2.38. The summed E-state index contributed by atoms with van der Waals surface area (Å²) >= 11 is 0. The van der Waals surface area contributed by atoms with Crippen LogP contribution in [0.5, 0.6) is 5.75 Å². The van der Waals surface area contributed by atoms with E-state index in [1.165, 1.54) is 6.26 Å². The third kappa shape index (κ3) is 5.26. The Morgan fingerprint density at radius 1 is 1.00 bits per heavy atom. The number of ether oxygens (including phenoxy) is 2. The van der Waals surface area contributed by atoms with Crippen molar-refractivity contribution in [3.05, 3.63) is 61.1 Å². The molecule has 4 heterocycles. The Labute approximate surface area is 207 Å². The lowest BCUT2D eigenvalue weighted by atomic mass is 10.1. The molecule has 0 radical (unpaired) electrons. The molecule has 0 bridgehead atoms. The van der Waals surface area contributed by atoms with Crippen LogP contribution in [0.3, 0.4) is 0 Å². The van der Waals surface area contributed by atoms with E-state index in [4.69, 9.17) is 24.0 Å². The molecule has 1 saturated heterocycles. The number of nitrogens with one attached hydrogen (secondary N) is 2. The average Bonchev–Trinajstić information content (AvgIpc) is 3.43. The molecule has 0 atom stereocenters. The van der Waals surface area contributed by atoms with Crippen LogP contribution in [0, 0.1) is 0 Å². The first kappa shape index (κ1) is 23.2. The number of nitrogens with zero attached hydrogens (tertiary/aromatic N) is 5. The topological polar surface area (TPSA) is 128 Å². The van der Waals surface area contributed by atoms with Gasteiger partial charge in [0.05, 0.1) is 19.8 Å². The molecule has 4 aromatic rings. The van der Waals surface area contributed by atoms with Crippen LogP contribution < -0.4 is 20.3 Å². The largest absolute Gasteiger partial charge is 0.488 e. The van der Waals surface area contributed by atoms with Crippen molar-refractivity contribution in [1.82, 2.24) is 20.1 Å². The lowest BCUT2D eigenvalue weighted by Crippen LogP contribution is -2.37. The second kappa shape index (κ2) is 10.8. The predicted octanol–water partition coefficient (Wildman–Crippen LogP) is 4.07. The van der Waals surface area contributed by atoms with Crippen LogP contribution in [0.25, 0.3) is 22.6 Å². The van der Waals surface area contributed by atoms with Crippen molar-refractivity contribution in [2.45, 2.75) is 6.92 Å². The van der Waals surface area contributed by atoms with Gasteiger partial charge in [0.25, 0.3) is 0 Å². The Balaban J connectivity index is 1.48. The molecular formula is C25H25N7O4. The van der Waals surface area contributed by atoms with Gasteiger partial charge in [-0.25, -0.2) is 14.8 Å². The van der Waals surface area contributed by atoms with Crippen molar-refractivity contribution in [2.75, 3.05) is 48.4 Å². The first-order chi connectivity index (χ1) is 17.7. The van der Waals surface area contributed by atoms with Gasteiger partial charge >= 0.3 is 6.03 Å². The van der Waals surface area contributed by atoms with Gasteiger partial charge in [0.2, 0.25) is 0 Å². The Hall–Kier alpha value is -4.51. The third-order valence-electron chi connectivity index (χ3n) is 5.48. The van der Waals surface area contributed by atoms with E-state index in [0.717, 1.165) is 16.9 Å². The minimum absolute atomic E-state index is 0.325. The summed E-state index contributed by atoms with van der Waals surface area (Å²) in [6.07, 6.45) is 4.84. The van der Waals surface area contributed by atoms with Gasteiger partial charge in [0, 0.05) is 48.4 Å². The smallest absolute Gasteiger partial charge is 0.324 e. The number of hydrogen-bond acceptors (Lipinski definition) is 9. The van der Waals surface area contributed by atoms with Gasteiger partial charge in [-0.15, -0.1) is 0 Å². The molecule has 2 amide bonds. The number of pyridine rings is 1. The van der Waals surface area contributed by atoms with E-state index in [1.807, 2.05) is 31.2 Å². The second-order valence-corrected chi connectivity index (χ2v) is 7.86. The number of benzene rings is 1. The molecule has 3 aromatic heterocycles. The number of amides is 2. The summed E-state index contributed by atoms with van der Waals surface area (Å²) < 4.78 is 16.3. The lowest BCUT2D eigenvalue weighted by Gasteiger charge is -2.30. The highest BCUT2D eigenvalue weighted by molar-refractivity contribution is 5.99. The monoisotopic (exact) mass is 487 g/mol. The molecule has 0 spiro atoms. The summed E-state index contributed by atoms with van der Waals surface area (Å²) in [6, 6.07) is 12.2. The maximum Gasteiger partial charge on any atom is 0.324 e. The van der Waals surface area contributed by atoms with Crippen LogP contribution in [0.2, 0.25) is 0 Å². The molecular weight excluding hydrogens is 462 g/mol. The number of urea groups is 1. The first-order valence-corrected chi connectivity index (χ1v) is 11.6. The van der Waals surface area contributed by atoms with E-state index in [9.17, 15) is 4.79 Å². The number of aromatic nitrogens is 4. The number of morpholine rings is 1. The van der Waals surface area contributed by atoms with Crippen LogP contribution in [0.15, 0.2) is 65.6 Å². The molecule has 5 rings (SSSR count). The molecule has 36 heavy (non-hydrogen) atoms. The SMILES string of the molecule is CCOc1c(-c2ccncc2)nc(-c2ccc(NC(=O)Nc3ccon3)cc2)nc1N1CCOCC1. The molecule has 1 aliphatic heterocycles. The van der Waals surface area contributed by atoms with Gasteiger partial charge in [-0.2, -0.15) is 0 Å². The van der Waals surface area contributed by atoms with Crippen molar-refractivity contribution < 1.29 is 18.8 Å². The first-order valence-electron chi connectivity index (χ1n) is 11.6. The van der Waals surface area contributed by atoms with Gasteiger partial charge in [-0.3, -0.25) is 10.3 Å². The van der Waals surface area contributed by atoms with Crippen LogP contribution in [-0.2, 0) is 4.74 Å². The molecule has 0 aliphatic carbocycles. The van der Waals surface area contributed by atoms with Crippen LogP contribution in [0.4, 0.5) is 22.1 Å². The Kier molecular flexibility index (Phi) is 6.99. The molecule has 1 aliphatic rings. The zero-order valence-corrected chi connectivity index (χ0v) is 19.7. The third-order valence-corrected chi connectivity index (χ3v) is 5.48. The number of carbonyl (C=O) groups is 1. The Morgan fingerprint density at radius 3 is 2.47 bits per heavy atom. The summed E-state index contributed by atoms with van der Waals surface area (Å²) in [5, 5.41) is 9.02. The number of carbonyl (C=O) groups excluding carboxylic acids is 1. The Bertz CT molecular complexity index is 1290.